The number of rotatable bonds is 8. The van der Waals surface area contributed by atoms with Crippen LogP contribution in [-0.4, -0.2) is 43.7 Å². The summed E-state index contributed by atoms with van der Waals surface area (Å²) in [5.41, 5.74) is 0.898. The topological polar surface area (TPSA) is 28.6 Å². The first-order valence-corrected chi connectivity index (χ1v) is 7.82. The molecular formula is C18H25ClFN3O. The second-order valence-electron chi connectivity index (χ2n) is 5.61. The largest absolute Gasteiger partial charge is 0.491 e. The molecule has 0 spiro atoms. The fourth-order valence-corrected chi connectivity index (χ4v) is 2.27. The Balaban J connectivity index is 0.00000288. The van der Waals surface area contributed by atoms with Crippen molar-refractivity contribution in [2.75, 3.05) is 38.7 Å². The quantitative estimate of drug-likeness (QED) is 0.725. The monoisotopic (exact) mass is 353 g/mol. The number of benzene rings is 1. The van der Waals surface area contributed by atoms with Crippen LogP contribution in [-0.2, 0) is 6.54 Å². The van der Waals surface area contributed by atoms with Gasteiger partial charge in [-0.15, -0.1) is 12.4 Å². The average Bonchev–Trinajstić information content (AvgIpc) is 2.54. The van der Waals surface area contributed by atoms with E-state index < -0.39 is 0 Å². The zero-order valence-corrected chi connectivity index (χ0v) is 15.2. The number of hydrogen-bond acceptors (Lipinski definition) is 4. The normalized spacial score (nSPS) is 10.4. The molecular weight excluding hydrogens is 329 g/mol. The van der Waals surface area contributed by atoms with Crippen LogP contribution in [0.3, 0.4) is 0 Å². The van der Waals surface area contributed by atoms with Crippen LogP contribution in [0.15, 0.2) is 42.6 Å². The second-order valence-corrected chi connectivity index (χ2v) is 5.61. The van der Waals surface area contributed by atoms with E-state index in [0.29, 0.717) is 18.9 Å². The molecule has 1 aromatic heterocycles. The molecule has 0 aliphatic carbocycles. The maximum Gasteiger partial charge on any atom is 0.165 e. The third-order valence-electron chi connectivity index (χ3n) is 3.46. The Morgan fingerprint density at radius 2 is 1.92 bits per heavy atom. The zero-order chi connectivity index (χ0) is 16.7. The number of likely N-dealkylation sites (N-methyl/N-ethyl adjacent to an activating group) is 1. The highest BCUT2D eigenvalue weighted by Crippen LogP contribution is 2.21. The van der Waals surface area contributed by atoms with E-state index in [1.165, 1.54) is 6.07 Å². The van der Waals surface area contributed by atoms with Gasteiger partial charge in [0.2, 0.25) is 0 Å². The summed E-state index contributed by atoms with van der Waals surface area (Å²) >= 11 is 0. The minimum absolute atomic E-state index is 0. The number of aromatic nitrogens is 1. The first-order valence-electron chi connectivity index (χ1n) is 7.82. The van der Waals surface area contributed by atoms with Crippen molar-refractivity contribution in [2.24, 2.45) is 0 Å². The molecule has 0 bridgehead atoms. The van der Waals surface area contributed by atoms with Crippen LogP contribution in [0.2, 0.25) is 0 Å². The van der Waals surface area contributed by atoms with Crippen LogP contribution in [0, 0.1) is 5.82 Å². The molecule has 0 saturated heterocycles. The van der Waals surface area contributed by atoms with Crippen molar-refractivity contribution in [3.05, 3.63) is 54.0 Å². The van der Waals surface area contributed by atoms with Crippen molar-refractivity contribution < 1.29 is 9.13 Å². The summed E-state index contributed by atoms with van der Waals surface area (Å²) in [5, 5.41) is 0. The summed E-state index contributed by atoms with van der Waals surface area (Å²) in [4.78, 5) is 8.68. The van der Waals surface area contributed by atoms with Gasteiger partial charge in [-0.25, -0.2) is 9.37 Å². The maximum absolute atomic E-state index is 14.0. The van der Waals surface area contributed by atoms with Gasteiger partial charge in [0.15, 0.2) is 11.6 Å². The average molecular weight is 354 g/mol. The van der Waals surface area contributed by atoms with Gasteiger partial charge in [-0.2, -0.15) is 0 Å². The highest BCUT2D eigenvalue weighted by molar-refractivity contribution is 5.85. The van der Waals surface area contributed by atoms with Gasteiger partial charge in [-0.05, 0) is 50.8 Å². The summed E-state index contributed by atoms with van der Waals surface area (Å²) in [7, 11) is 4.07. The van der Waals surface area contributed by atoms with E-state index in [0.717, 1.165) is 24.5 Å². The van der Waals surface area contributed by atoms with Crippen LogP contribution in [0.4, 0.5) is 10.2 Å². The van der Waals surface area contributed by atoms with Crippen LogP contribution >= 0.6 is 12.4 Å². The van der Waals surface area contributed by atoms with E-state index in [1.807, 2.05) is 45.3 Å². The van der Waals surface area contributed by atoms with Crippen molar-refractivity contribution >= 4 is 18.2 Å². The smallest absolute Gasteiger partial charge is 0.165 e. The van der Waals surface area contributed by atoms with Gasteiger partial charge in [-0.3, -0.25) is 0 Å². The molecule has 0 radical (unpaired) electrons. The van der Waals surface area contributed by atoms with E-state index in [9.17, 15) is 4.39 Å². The lowest BCUT2D eigenvalue weighted by molar-refractivity contribution is 0.321. The molecule has 0 aliphatic rings. The van der Waals surface area contributed by atoms with Crippen LogP contribution in [0.5, 0.6) is 5.75 Å². The van der Waals surface area contributed by atoms with Crippen molar-refractivity contribution in [1.29, 1.82) is 0 Å². The van der Waals surface area contributed by atoms with Gasteiger partial charge >= 0.3 is 0 Å². The molecule has 0 amide bonds. The van der Waals surface area contributed by atoms with E-state index in [4.69, 9.17) is 4.74 Å². The third kappa shape index (κ3) is 5.98. The molecule has 0 fully saturated rings. The lowest BCUT2D eigenvalue weighted by Crippen LogP contribution is -2.31. The molecule has 132 valence electrons. The first kappa shape index (κ1) is 20.2. The Morgan fingerprint density at radius 3 is 2.50 bits per heavy atom. The zero-order valence-electron chi connectivity index (χ0n) is 14.4. The van der Waals surface area contributed by atoms with Crippen molar-refractivity contribution in [2.45, 2.75) is 13.5 Å². The molecule has 1 heterocycles. The van der Waals surface area contributed by atoms with Gasteiger partial charge in [-0.1, -0.05) is 12.1 Å². The molecule has 2 rings (SSSR count). The molecule has 0 N–H and O–H groups in total. The molecule has 6 heteroatoms. The highest BCUT2D eigenvalue weighted by atomic mass is 35.5. The fourth-order valence-electron chi connectivity index (χ4n) is 2.27. The van der Waals surface area contributed by atoms with Crippen LogP contribution in [0.25, 0.3) is 0 Å². The Kier molecular flexibility index (Phi) is 8.50. The second kappa shape index (κ2) is 10.1. The van der Waals surface area contributed by atoms with E-state index in [2.05, 4.69) is 14.8 Å². The maximum atomic E-state index is 14.0. The molecule has 24 heavy (non-hydrogen) atoms. The third-order valence-corrected chi connectivity index (χ3v) is 3.46. The van der Waals surface area contributed by atoms with Gasteiger partial charge in [0.05, 0.1) is 6.61 Å². The van der Waals surface area contributed by atoms with Crippen molar-refractivity contribution in [3.63, 3.8) is 0 Å². The standard InChI is InChI=1S/C18H24FN3O.ClH/c1-4-23-17-9-8-15(13-16(17)19)14-22(12-11-21(2)3)18-7-5-6-10-20-18;/h5-10,13H,4,11-12,14H2,1-3H3;1H. The number of anilines is 1. The Morgan fingerprint density at radius 1 is 1.12 bits per heavy atom. The molecule has 0 saturated carbocycles. The minimum Gasteiger partial charge on any atom is -0.491 e. The minimum atomic E-state index is -0.321. The van der Waals surface area contributed by atoms with E-state index >= 15 is 0 Å². The predicted molar refractivity (Wildman–Crippen MR) is 98.7 cm³/mol. The van der Waals surface area contributed by atoms with Gasteiger partial charge in [0.25, 0.3) is 0 Å². The van der Waals surface area contributed by atoms with E-state index in [-0.39, 0.29) is 18.2 Å². The first-order chi connectivity index (χ1) is 11.1. The Bertz CT molecular complexity index is 610. The summed E-state index contributed by atoms with van der Waals surface area (Å²) in [6, 6.07) is 11.0. The number of nitrogens with zero attached hydrogens (tertiary/aromatic N) is 3. The molecule has 2 aromatic rings. The number of pyridine rings is 1. The number of halogens is 2. The van der Waals surface area contributed by atoms with Crippen molar-refractivity contribution in [3.8, 4) is 5.75 Å². The predicted octanol–water partition coefficient (Wildman–Crippen LogP) is 3.61. The number of hydrogen-bond donors (Lipinski definition) is 0. The SMILES string of the molecule is CCOc1ccc(CN(CCN(C)C)c2ccccn2)cc1F.Cl. The lowest BCUT2D eigenvalue weighted by Gasteiger charge is -2.25. The van der Waals surface area contributed by atoms with Gasteiger partial charge in [0.1, 0.15) is 5.82 Å². The summed E-state index contributed by atoms with van der Waals surface area (Å²) < 4.78 is 19.3. The van der Waals surface area contributed by atoms with Crippen LogP contribution in [0.1, 0.15) is 12.5 Å². The molecule has 1 aromatic carbocycles. The summed E-state index contributed by atoms with van der Waals surface area (Å²) in [6.07, 6.45) is 1.77. The fraction of sp³-hybridized carbons (Fsp3) is 0.389. The molecule has 0 aliphatic heterocycles. The lowest BCUT2D eigenvalue weighted by atomic mass is 10.2. The Hall–Kier alpha value is -1.85. The van der Waals surface area contributed by atoms with Crippen LogP contribution < -0.4 is 9.64 Å². The van der Waals surface area contributed by atoms with Gasteiger partial charge in [0, 0.05) is 25.8 Å². The molecule has 4 nitrogen and oxygen atoms in total. The van der Waals surface area contributed by atoms with Crippen molar-refractivity contribution in [1.82, 2.24) is 9.88 Å². The summed E-state index contributed by atoms with van der Waals surface area (Å²) in [5.74, 6) is 0.871. The summed E-state index contributed by atoms with van der Waals surface area (Å²) in [6.45, 7) is 4.62. The van der Waals surface area contributed by atoms with E-state index in [1.54, 1.807) is 12.3 Å². The molecule has 0 atom stereocenters. The number of ether oxygens (including phenoxy) is 1. The van der Waals surface area contributed by atoms with Gasteiger partial charge < -0.3 is 14.5 Å². The molecule has 0 unspecified atom stereocenters. The highest BCUT2D eigenvalue weighted by Gasteiger charge is 2.11. The Labute approximate surface area is 149 Å².